The monoisotopic (exact) mass is 400 g/mol. The van der Waals surface area contributed by atoms with Crippen LogP contribution in [0.4, 0.5) is 5.13 Å². The largest absolute Gasteiger partial charge is 0.463 e. The van der Waals surface area contributed by atoms with Gasteiger partial charge < -0.3 is 8.83 Å². The Kier molecular flexibility index (Phi) is 4.94. The van der Waals surface area contributed by atoms with Crippen molar-refractivity contribution in [3.05, 3.63) is 41.8 Å². The number of amides is 1. The highest BCUT2D eigenvalue weighted by Crippen LogP contribution is 2.30. The van der Waals surface area contributed by atoms with Gasteiger partial charge in [-0.15, -0.1) is 20.4 Å². The van der Waals surface area contributed by atoms with E-state index in [1.54, 1.807) is 36.8 Å². The SMILES string of the molecule is Cc1nnc(NC(=O)CSc2nnc(-c3ccco3)c(-c3ccco3)n2)s1. The Hall–Kier alpha value is -3.05. The third-order valence-electron chi connectivity index (χ3n) is 3.28. The third-order valence-corrected chi connectivity index (χ3v) is 4.87. The Labute approximate surface area is 161 Å². The van der Waals surface area contributed by atoms with E-state index in [4.69, 9.17) is 8.83 Å². The van der Waals surface area contributed by atoms with Crippen LogP contribution in [0.3, 0.4) is 0 Å². The molecule has 1 amide bonds. The van der Waals surface area contributed by atoms with Gasteiger partial charge >= 0.3 is 0 Å². The van der Waals surface area contributed by atoms with Crippen LogP contribution in [0.1, 0.15) is 5.01 Å². The van der Waals surface area contributed by atoms with Crippen molar-refractivity contribution in [2.75, 3.05) is 11.1 Å². The lowest BCUT2D eigenvalue weighted by atomic mass is 10.2. The minimum atomic E-state index is -0.227. The van der Waals surface area contributed by atoms with E-state index in [9.17, 15) is 4.79 Å². The van der Waals surface area contributed by atoms with Crippen LogP contribution < -0.4 is 5.32 Å². The first-order valence-electron chi connectivity index (χ1n) is 7.74. The number of hydrogen-bond acceptors (Lipinski definition) is 10. The summed E-state index contributed by atoms with van der Waals surface area (Å²) in [4.78, 5) is 16.5. The number of nitrogens with one attached hydrogen (secondary N) is 1. The summed E-state index contributed by atoms with van der Waals surface area (Å²) >= 11 is 2.47. The second kappa shape index (κ2) is 7.68. The zero-order valence-electron chi connectivity index (χ0n) is 13.9. The van der Waals surface area contributed by atoms with Gasteiger partial charge in [0.1, 0.15) is 10.7 Å². The summed E-state index contributed by atoms with van der Waals surface area (Å²) in [6.45, 7) is 1.82. The van der Waals surface area contributed by atoms with Crippen molar-refractivity contribution >= 4 is 34.1 Å². The van der Waals surface area contributed by atoms with E-state index in [0.717, 1.165) is 16.8 Å². The molecule has 136 valence electrons. The van der Waals surface area contributed by atoms with E-state index in [2.05, 4.69) is 30.7 Å². The number of furan rings is 2. The summed E-state index contributed by atoms with van der Waals surface area (Å²) in [6.07, 6.45) is 3.10. The normalized spacial score (nSPS) is 10.9. The molecule has 11 heteroatoms. The first-order chi connectivity index (χ1) is 13.2. The van der Waals surface area contributed by atoms with Gasteiger partial charge in [-0.1, -0.05) is 23.1 Å². The number of rotatable bonds is 6. The fraction of sp³-hybridized carbons (Fsp3) is 0.125. The van der Waals surface area contributed by atoms with E-state index in [-0.39, 0.29) is 11.7 Å². The molecule has 0 aromatic carbocycles. The summed E-state index contributed by atoms with van der Waals surface area (Å²) < 4.78 is 10.8. The third kappa shape index (κ3) is 4.04. The van der Waals surface area contributed by atoms with Crippen LogP contribution in [-0.4, -0.2) is 37.0 Å². The number of carbonyl (C=O) groups is 1. The Morgan fingerprint density at radius 2 is 1.81 bits per heavy atom. The van der Waals surface area contributed by atoms with Gasteiger partial charge in [0.05, 0.1) is 18.3 Å². The van der Waals surface area contributed by atoms with Gasteiger partial charge in [-0.2, -0.15) is 0 Å². The summed E-state index contributed by atoms with van der Waals surface area (Å²) in [5, 5.41) is 20.3. The molecular formula is C16H12N6O3S2. The lowest BCUT2D eigenvalue weighted by Crippen LogP contribution is -2.14. The van der Waals surface area contributed by atoms with Gasteiger partial charge in [0, 0.05) is 0 Å². The topological polar surface area (TPSA) is 120 Å². The molecule has 0 aliphatic rings. The number of anilines is 1. The molecule has 4 rings (SSSR count). The molecule has 0 saturated carbocycles. The van der Waals surface area contributed by atoms with E-state index in [1.807, 2.05) is 6.92 Å². The van der Waals surface area contributed by atoms with Gasteiger partial charge in [-0.25, -0.2) is 4.98 Å². The van der Waals surface area contributed by atoms with Crippen LogP contribution >= 0.6 is 23.1 Å². The molecule has 1 N–H and O–H groups in total. The van der Waals surface area contributed by atoms with E-state index >= 15 is 0 Å². The van der Waals surface area contributed by atoms with Crippen molar-refractivity contribution in [2.45, 2.75) is 12.1 Å². The summed E-state index contributed by atoms with van der Waals surface area (Å²) in [6, 6.07) is 7.05. The van der Waals surface area contributed by atoms with E-state index < -0.39 is 0 Å². The summed E-state index contributed by atoms with van der Waals surface area (Å²) in [5.41, 5.74) is 0.959. The number of aromatic nitrogens is 5. The predicted octanol–water partition coefficient (Wildman–Crippen LogP) is 3.28. The Morgan fingerprint density at radius 3 is 2.44 bits per heavy atom. The lowest BCUT2D eigenvalue weighted by molar-refractivity contribution is -0.113. The van der Waals surface area contributed by atoms with Crippen molar-refractivity contribution in [2.24, 2.45) is 0 Å². The molecule has 0 bridgehead atoms. The minimum absolute atomic E-state index is 0.109. The fourth-order valence-electron chi connectivity index (χ4n) is 2.17. The number of hydrogen-bond donors (Lipinski definition) is 1. The molecule has 0 aliphatic carbocycles. The van der Waals surface area contributed by atoms with Gasteiger partial charge in [0.2, 0.25) is 16.2 Å². The van der Waals surface area contributed by atoms with E-state index in [1.165, 1.54) is 11.3 Å². The van der Waals surface area contributed by atoms with Crippen LogP contribution in [-0.2, 0) is 4.79 Å². The molecule has 4 aromatic rings. The maximum atomic E-state index is 12.1. The van der Waals surface area contributed by atoms with E-state index in [0.29, 0.717) is 33.2 Å². The summed E-state index contributed by atoms with van der Waals surface area (Å²) in [5.74, 6) is 0.946. The van der Waals surface area contributed by atoms with Crippen molar-refractivity contribution in [3.63, 3.8) is 0 Å². The highest BCUT2D eigenvalue weighted by molar-refractivity contribution is 7.99. The molecule has 4 aromatic heterocycles. The van der Waals surface area contributed by atoms with Crippen LogP contribution in [0.15, 0.2) is 50.8 Å². The Morgan fingerprint density at radius 1 is 1.07 bits per heavy atom. The molecule has 0 spiro atoms. The van der Waals surface area contributed by atoms with Crippen molar-refractivity contribution in [1.29, 1.82) is 0 Å². The zero-order chi connectivity index (χ0) is 18.6. The fourth-order valence-corrected chi connectivity index (χ4v) is 3.36. The Balaban J connectivity index is 1.52. The van der Waals surface area contributed by atoms with Gasteiger partial charge in [0.15, 0.2) is 17.2 Å². The Bertz CT molecular complexity index is 1050. The van der Waals surface area contributed by atoms with Crippen LogP contribution in [0.2, 0.25) is 0 Å². The maximum absolute atomic E-state index is 12.1. The molecule has 0 fully saturated rings. The molecule has 0 atom stereocenters. The van der Waals surface area contributed by atoms with Crippen LogP contribution in [0, 0.1) is 6.92 Å². The molecule has 27 heavy (non-hydrogen) atoms. The number of thioether (sulfide) groups is 1. The second-order valence-corrected chi connectivity index (χ2v) is 7.33. The first-order valence-corrected chi connectivity index (χ1v) is 9.54. The number of nitrogens with zero attached hydrogens (tertiary/aromatic N) is 5. The van der Waals surface area contributed by atoms with Gasteiger partial charge in [-0.05, 0) is 31.2 Å². The van der Waals surface area contributed by atoms with Crippen molar-refractivity contribution < 1.29 is 13.6 Å². The highest BCUT2D eigenvalue weighted by Gasteiger charge is 2.18. The number of aryl methyl sites for hydroxylation is 1. The average Bonchev–Trinajstić information content (AvgIpc) is 3.43. The quantitative estimate of drug-likeness (QED) is 0.486. The smallest absolute Gasteiger partial charge is 0.236 e. The highest BCUT2D eigenvalue weighted by atomic mass is 32.2. The molecular weight excluding hydrogens is 388 g/mol. The second-order valence-electron chi connectivity index (χ2n) is 5.21. The molecule has 0 aliphatic heterocycles. The van der Waals surface area contributed by atoms with Gasteiger partial charge in [0.25, 0.3) is 0 Å². The van der Waals surface area contributed by atoms with Crippen molar-refractivity contribution in [1.82, 2.24) is 25.4 Å². The average molecular weight is 400 g/mol. The van der Waals surface area contributed by atoms with Crippen LogP contribution in [0.5, 0.6) is 0 Å². The maximum Gasteiger partial charge on any atom is 0.236 e. The molecule has 0 saturated heterocycles. The molecule has 0 unspecified atom stereocenters. The lowest BCUT2D eigenvalue weighted by Gasteiger charge is -2.05. The standard InChI is InChI=1S/C16H12N6O3S2/c1-9-19-22-16(27-9)17-12(23)8-26-15-18-13(10-4-2-6-24-10)14(20-21-15)11-5-3-7-25-11/h2-7H,8H2,1H3,(H,17,22,23). The van der Waals surface area contributed by atoms with Crippen LogP contribution in [0.25, 0.3) is 22.9 Å². The minimum Gasteiger partial charge on any atom is -0.463 e. The molecule has 4 heterocycles. The first kappa shape index (κ1) is 17.4. The van der Waals surface area contributed by atoms with Gasteiger partial charge in [-0.3, -0.25) is 10.1 Å². The zero-order valence-corrected chi connectivity index (χ0v) is 15.6. The molecule has 9 nitrogen and oxygen atoms in total. The predicted molar refractivity (Wildman–Crippen MR) is 99.2 cm³/mol. The summed E-state index contributed by atoms with van der Waals surface area (Å²) in [7, 11) is 0. The number of carbonyl (C=O) groups excluding carboxylic acids is 1. The molecule has 0 radical (unpaired) electrons. The van der Waals surface area contributed by atoms with Crippen molar-refractivity contribution in [3.8, 4) is 22.9 Å².